The third-order valence-corrected chi connectivity index (χ3v) is 8.76. The van der Waals surface area contributed by atoms with Crippen LogP contribution >= 0.6 is 11.5 Å². The number of nitrogen functional groups attached to an aromatic ring is 1. The molecule has 1 aromatic carbocycles. The van der Waals surface area contributed by atoms with Gasteiger partial charge >= 0.3 is 0 Å². The topological polar surface area (TPSA) is 131 Å². The fourth-order valence-corrected chi connectivity index (χ4v) is 6.48. The van der Waals surface area contributed by atoms with Gasteiger partial charge in [-0.3, -0.25) is 19.3 Å². The van der Waals surface area contributed by atoms with Gasteiger partial charge < -0.3 is 20.8 Å². The Balaban J connectivity index is 1.52. The first-order chi connectivity index (χ1) is 19.3. The van der Waals surface area contributed by atoms with Gasteiger partial charge in [-0.1, -0.05) is 50.3 Å². The van der Waals surface area contributed by atoms with Gasteiger partial charge in [0, 0.05) is 17.8 Å². The maximum absolute atomic E-state index is 14.4. The molecule has 0 bridgehead atoms. The van der Waals surface area contributed by atoms with Gasteiger partial charge in [0.05, 0.1) is 5.69 Å². The van der Waals surface area contributed by atoms with Crippen LogP contribution in [0.25, 0.3) is 0 Å². The summed E-state index contributed by atoms with van der Waals surface area (Å²) in [5, 5.41) is 6.18. The molecular weight excluding hydrogens is 526 g/mol. The average Bonchev–Trinajstić information content (AvgIpc) is 3.70. The Bertz CT molecular complexity index is 1370. The van der Waals surface area contributed by atoms with Crippen LogP contribution in [0.1, 0.15) is 101 Å². The summed E-state index contributed by atoms with van der Waals surface area (Å²) in [6.45, 7) is 3.68. The number of rotatable bonds is 8. The molecule has 2 saturated carbocycles. The van der Waals surface area contributed by atoms with Crippen LogP contribution in [-0.2, 0) is 4.79 Å². The highest BCUT2D eigenvalue weighted by Gasteiger charge is 2.39. The summed E-state index contributed by atoms with van der Waals surface area (Å²) in [5.41, 5.74) is 7.85. The van der Waals surface area contributed by atoms with E-state index in [1.165, 1.54) is 11.3 Å². The van der Waals surface area contributed by atoms with E-state index in [0.29, 0.717) is 17.2 Å². The predicted octanol–water partition coefficient (Wildman–Crippen LogP) is 5.44. The average molecular weight is 564 g/mol. The fourth-order valence-electron chi connectivity index (χ4n) is 5.75. The number of nitrogens with two attached hydrogens (primary N) is 1. The molecule has 9 nitrogen and oxygen atoms in total. The molecule has 4 N–H and O–H groups in total. The van der Waals surface area contributed by atoms with Gasteiger partial charge in [0.15, 0.2) is 11.7 Å². The summed E-state index contributed by atoms with van der Waals surface area (Å²) < 4.78 is 10.3. The number of carbonyl (C=O) groups excluding carboxylic acids is 3. The summed E-state index contributed by atoms with van der Waals surface area (Å²) in [4.78, 5) is 42.9. The number of anilines is 2. The Morgan fingerprint density at radius 2 is 1.60 bits per heavy atom. The molecule has 2 fully saturated rings. The number of hydrogen-bond acceptors (Lipinski definition) is 7. The van der Waals surface area contributed by atoms with Crippen molar-refractivity contribution in [1.29, 1.82) is 0 Å². The highest BCUT2D eigenvalue weighted by Crippen LogP contribution is 2.36. The van der Waals surface area contributed by atoms with Crippen LogP contribution in [0.2, 0.25) is 0 Å². The molecule has 2 aliphatic rings. The van der Waals surface area contributed by atoms with Crippen LogP contribution in [0.5, 0.6) is 0 Å². The van der Waals surface area contributed by atoms with Crippen LogP contribution in [-0.4, -0.2) is 34.2 Å². The van der Waals surface area contributed by atoms with Crippen molar-refractivity contribution in [2.75, 3.05) is 10.6 Å². The normalized spacial score (nSPS) is 16.9. The third kappa shape index (κ3) is 5.91. The van der Waals surface area contributed by atoms with Crippen molar-refractivity contribution in [2.24, 2.45) is 0 Å². The lowest BCUT2D eigenvalue weighted by atomic mass is 9.95. The molecule has 0 unspecified atom stereocenters. The Morgan fingerprint density at radius 1 is 0.950 bits per heavy atom. The minimum Gasteiger partial charge on any atom is -0.464 e. The lowest BCUT2D eigenvalue weighted by Gasteiger charge is -2.31. The van der Waals surface area contributed by atoms with E-state index in [1.807, 2.05) is 25.1 Å². The van der Waals surface area contributed by atoms with Crippen molar-refractivity contribution in [3.8, 4) is 0 Å². The molecule has 1 atom stereocenters. The van der Waals surface area contributed by atoms with Crippen LogP contribution in [0.3, 0.4) is 0 Å². The van der Waals surface area contributed by atoms with Gasteiger partial charge in [-0.25, -0.2) is 0 Å². The zero-order valence-electron chi connectivity index (χ0n) is 23.1. The highest BCUT2D eigenvalue weighted by atomic mass is 32.1. The maximum atomic E-state index is 14.4. The van der Waals surface area contributed by atoms with Crippen molar-refractivity contribution in [3.63, 3.8) is 0 Å². The van der Waals surface area contributed by atoms with E-state index in [1.54, 1.807) is 25.1 Å². The van der Waals surface area contributed by atoms with E-state index in [-0.39, 0.29) is 40.2 Å². The zero-order valence-corrected chi connectivity index (χ0v) is 23.9. The first-order valence-electron chi connectivity index (χ1n) is 14.2. The number of aryl methyl sites for hydroxylation is 2. The zero-order chi connectivity index (χ0) is 28.2. The van der Waals surface area contributed by atoms with E-state index in [2.05, 4.69) is 15.0 Å². The minimum atomic E-state index is -1.08. The second-order valence-corrected chi connectivity index (χ2v) is 11.7. The number of aromatic nitrogens is 1. The van der Waals surface area contributed by atoms with Gasteiger partial charge in [0.1, 0.15) is 16.4 Å². The second-order valence-electron chi connectivity index (χ2n) is 10.9. The molecule has 212 valence electrons. The molecule has 0 aliphatic heterocycles. The summed E-state index contributed by atoms with van der Waals surface area (Å²) in [5.74, 6) is -0.232. The van der Waals surface area contributed by atoms with Gasteiger partial charge in [0.25, 0.3) is 17.7 Å². The summed E-state index contributed by atoms with van der Waals surface area (Å²) in [6, 6.07) is 9.93. The van der Waals surface area contributed by atoms with E-state index in [0.717, 1.165) is 68.5 Å². The maximum Gasteiger partial charge on any atom is 0.273 e. The van der Waals surface area contributed by atoms with Crippen LogP contribution in [0.4, 0.5) is 11.4 Å². The van der Waals surface area contributed by atoms with Crippen molar-refractivity contribution < 1.29 is 18.8 Å². The quantitative estimate of drug-likeness (QED) is 0.334. The Morgan fingerprint density at radius 3 is 2.25 bits per heavy atom. The summed E-state index contributed by atoms with van der Waals surface area (Å²) in [6.07, 6.45) is 9.06. The molecule has 3 amide bonds. The van der Waals surface area contributed by atoms with E-state index in [4.69, 9.17) is 10.2 Å². The van der Waals surface area contributed by atoms with Crippen LogP contribution in [0, 0.1) is 13.8 Å². The molecule has 3 aromatic rings. The van der Waals surface area contributed by atoms with E-state index >= 15 is 0 Å². The van der Waals surface area contributed by atoms with Crippen molar-refractivity contribution >= 4 is 40.6 Å². The van der Waals surface area contributed by atoms with Crippen molar-refractivity contribution in [2.45, 2.75) is 89.8 Å². The molecule has 0 radical (unpaired) electrons. The van der Waals surface area contributed by atoms with Crippen molar-refractivity contribution in [1.82, 2.24) is 15.0 Å². The van der Waals surface area contributed by atoms with Gasteiger partial charge in [0.2, 0.25) is 0 Å². The van der Waals surface area contributed by atoms with Gasteiger partial charge in [-0.2, -0.15) is 4.37 Å². The monoisotopic (exact) mass is 563 g/mol. The van der Waals surface area contributed by atoms with Gasteiger partial charge in [-0.05, 0) is 74.8 Å². The standard InChI is InChI=1S/C30H37N5O4S/c1-18-10-6-9-15-22(18)35(26(23-17-16-19(2)39-23)29(37)33-21-13-7-8-14-21)30(38)27-24(31)25(34-40-27)28(36)32-20-11-4-3-5-12-20/h6,9-10,15-17,20-21,26H,3-5,7-8,11-14,31H2,1-2H3,(H,32,36)(H,33,37)/t26-/m1/s1. The highest BCUT2D eigenvalue weighted by molar-refractivity contribution is 7.09. The largest absolute Gasteiger partial charge is 0.464 e. The Kier molecular flexibility index (Phi) is 8.54. The summed E-state index contributed by atoms with van der Waals surface area (Å²) >= 11 is 0.877. The fraction of sp³-hybridized carbons (Fsp3) is 0.467. The molecular formula is C30H37N5O4S. The van der Waals surface area contributed by atoms with E-state index in [9.17, 15) is 14.4 Å². The molecule has 10 heteroatoms. The molecule has 2 aromatic heterocycles. The molecule has 2 aliphatic carbocycles. The third-order valence-electron chi connectivity index (χ3n) is 7.91. The number of carbonyl (C=O) groups is 3. The first kappa shape index (κ1) is 27.9. The number of nitrogens with one attached hydrogen (secondary N) is 2. The van der Waals surface area contributed by atoms with Crippen molar-refractivity contribution in [3.05, 3.63) is 64.1 Å². The Labute approximate surface area is 238 Å². The molecule has 0 spiro atoms. The number of hydrogen-bond donors (Lipinski definition) is 3. The molecule has 5 rings (SSSR count). The lowest BCUT2D eigenvalue weighted by Crippen LogP contribution is -2.46. The summed E-state index contributed by atoms with van der Waals surface area (Å²) in [7, 11) is 0. The lowest BCUT2D eigenvalue weighted by molar-refractivity contribution is -0.123. The molecule has 0 saturated heterocycles. The Hall–Kier alpha value is -3.66. The predicted molar refractivity (Wildman–Crippen MR) is 155 cm³/mol. The number of benzene rings is 1. The number of para-hydroxylation sites is 1. The van der Waals surface area contributed by atoms with Crippen LogP contribution < -0.4 is 21.3 Å². The second kappa shape index (κ2) is 12.2. The number of nitrogens with zero attached hydrogens (tertiary/aromatic N) is 2. The smallest absolute Gasteiger partial charge is 0.273 e. The molecule has 40 heavy (non-hydrogen) atoms. The van der Waals surface area contributed by atoms with E-state index < -0.39 is 11.9 Å². The minimum absolute atomic E-state index is 0.0208. The molecule has 2 heterocycles. The first-order valence-corrected chi connectivity index (χ1v) is 14.9. The van der Waals surface area contributed by atoms with Crippen LogP contribution in [0.15, 0.2) is 40.8 Å². The number of amides is 3. The van der Waals surface area contributed by atoms with Gasteiger partial charge in [-0.15, -0.1) is 0 Å². The SMILES string of the molecule is Cc1ccc([C@H](C(=O)NC2CCCC2)N(C(=O)c2snc(C(=O)NC3CCCCC3)c2N)c2ccccc2C)o1. The number of furan rings is 1.